The van der Waals surface area contributed by atoms with Crippen molar-refractivity contribution in [2.75, 3.05) is 5.32 Å². The van der Waals surface area contributed by atoms with Gasteiger partial charge in [-0.25, -0.2) is 4.79 Å². The molecule has 19 heavy (non-hydrogen) atoms. The van der Waals surface area contributed by atoms with E-state index in [9.17, 15) is 9.59 Å². The summed E-state index contributed by atoms with van der Waals surface area (Å²) in [7, 11) is 0. The minimum absolute atomic E-state index is 0.0707. The smallest absolute Gasteiger partial charge is 0.337 e. The number of hydrogen-bond donors (Lipinski definition) is 2. The summed E-state index contributed by atoms with van der Waals surface area (Å²) < 4.78 is 1.03. The summed E-state index contributed by atoms with van der Waals surface area (Å²) in [6, 6.07) is 13.3. The van der Waals surface area contributed by atoms with Crippen LogP contribution in [0.1, 0.15) is 20.7 Å². The van der Waals surface area contributed by atoms with E-state index in [-0.39, 0.29) is 11.5 Å². The molecule has 1 amide bonds. The molecule has 0 radical (unpaired) electrons. The molecule has 4 nitrogen and oxygen atoms in total. The fourth-order valence-corrected chi connectivity index (χ4v) is 1.93. The average Bonchev–Trinajstić information content (AvgIpc) is 2.39. The lowest BCUT2D eigenvalue weighted by molar-refractivity contribution is 0.0698. The molecule has 2 N–H and O–H groups in total. The highest BCUT2D eigenvalue weighted by molar-refractivity contribution is 14.1. The number of carboxylic acid groups (broad SMARTS) is 1. The number of hydrogen-bond acceptors (Lipinski definition) is 2. The van der Waals surface area contributed by atoms with E-state index in [4.69, 9.17) is 5.11 Å². The van der Waals surface area contributed by atoms with Gasteiger partial charge in [-0.3, -0.25) is 4.79 Å². The van der Waals surface area contributed by atoms with Crippen LogP contribution in [0, 0.1) is 3.57 Å². The van der Waals surface area contributed by atoms with E-state index in [1.54, 1.807) is 30.3 Å². The zero-order valence-electron chi connectivity index (χ0n) is 9.76. The van der Waals surface area contributed by atoms with Gasteiger partial charge in [-0.15, -0.1) is 0 Å². The number of para-hydroxylation sites is 1. The van der Waals surface area contributed by atoms with Gasteiger partial charge in [-0.1, -0.05) is 12.1 Å². The molecule has 0 spiro atoms. The molecule has 0 atom stereocenters. The number of rotatable bonds is 3. The van der Waals surface area contributed by atoms with Crippen LogP contribution in [0.25, 0.3) is 0 Å². The third-order valence-corrected chi connectivity index (χ3v) is 3.23. The molecule has 0 unspecified atom stereocenters. The number of halogens is 1. The van der Waals surface area contributed by atoms with E-state index in [0.29, 0.717) is 11.3 Å². The maximum Gasteiger partial charge on any atom is 0.337 e. The standard InChI is InChI=1S/C14H10INO3/c15-10-7-5-9(6-8-10)13(17)16-12-4-2-1-3-11(12)14(18)19/h1-8H,(H,16,17)(H,18,19). The summed E-state index contributed by atoms with van der Waals surface area (Å²) in [6.07, 6.45) is 0. The van der Waals surface area contributed by atoms with Crippen molar-refractivity contribution in [1.82, 2.24) is 0 Å². The molecule has 2 aromatic rings. The minimum atomic E-state index is -1.07. The van der Waals surface area contributed by atoms with Crippen molar-refractivity contribution in [2.24, 2.45) is 0 Å². The van der Waals surface area contributed by atoms with E-state index < -0.39 is 5.97 Å². The van der Waals surface area contributed by atoms with Crippen molar-refractivity contribution in [2.45, 2.75) is 0 Å². The zero-order valence-corrected chi connectivity index (χ0v) is 11.9. The highest BCUT2D eigenvalue weighted by Gasteiger charge is 2.12. The Morgan fingerprint density at radius 3 is 2.26 bits per heavy atom. The summed E-state index contributed by atoms with van der Waals surface area (Å²) >= 11 is 2.15. The van der Waals surface area contributed by atoms with Crippen molar-refractivity contribution in [3.05, 3.63) is 63.2 Å². The van der Waals surface area contributed by atoms with E-state index in [1.807, 2.05) is 12.1 Å². The van der Waals surface area contributed by atoms with Crippen LogP contribution in [0.2, 0.25) is 0 Å². The summed E-state index contributed by atoms with van der Waals surface area (Å²) in [4.78, 5) is 23.0. The van der Waals surface area contributed by atoms with Gasteiger partial charge in [0.15, 0.2) is 0 Å². The quantitative estimate of drug-likeness (QED) is 0.819. The SMILES string of the molecule is O=C(Nc1ccccc1C(=O)O)c1ccc(I)cc1. The van der Waals surface area contributed by atoms with Crippen molar-refractivity contribution < 1.29 is 14.7 Å². The van der Waals surface area contributed by atoms with Gasteiger partial charge < -0.3 is 10.4 Å². The number of carbonyl (C=O) groups excluding carboxylic acids is 1. The molecule has 0 heterocycles. The van der Waals surface area contributed by atoms with Gasteiger partial charge in [-0.2, -0.15) is 0 Å². The lowest BCUT2D eigenvalue weighted by Gasteiger charge is -2.08. The predicted molar refractivity (Wildman–Crippen MR) is 80.5 cm³/mol. The van der Waals surface area contributed by atoms with Crippen LogP contribution in [0.5, 0.6) is 0 Å². The Labute approximate surface area is 123 Å². The van der Waals surface area contributed by atoms with Crippen LogP contribution in [0.3, 0.4) is 0 Å². The molecular formula is C14H10INO3. The number of benzene rings is 2. The van der Waals surface area contributed by atoms with Crippen molar-refractivity contribution in [3.8, 4) is 0 Å². The molecule has 2 aromatic carbocycles. The average molecular weight is 367 g/mol. The monoisotopic (exact) mass is 367 g/mol. The summed E-state index contributed by atoms with van der Waals surface area (Å²) in [6.45, 7) is 0. The van der Waals surface area contributed by atoms with Crippen molar-refractivity contribution >= 4 is 40.2 Å². The molecule has 0 aromatic heterocycles. The molecule has 0 bridgehead atoms. The zero-order chi connectivity index (χ0) is 13.8. The largest absolute Gasteiger partial charge is 0.478 e. The Morgan fingerprint density at radius 2 is 1.63 bits per heavy atom. The van der Waals surface area contributed by atoms with E-state index in [2.05, 4.69) is 27.9 Å². The van der Waals surface area contributed by atoms with Crippen molar-refractivity contribution in [1.29, 1.82) is 0 Å². The van der Waals surface area contributed by atoms with E-state index in [1.165, 1.54) is 6.07 Å². The second-order valence-electron chi connectivity index (χ2n) is 3.81. The Bertz CT molecular complexity index is 623. The molecule has 0 saturated heterocycles. The molecule has 96 valence electrons. The third kappa shape index (κ3) is 3.31. The van der Waals surface area contributed by atoms with E-state index >= 15 is 0 Å². The maximum absolute atomic E-state index is 12.0. The maximum atomic E-state index is 12.0. The normalized spacial score (nSPS) is 9.95. The number of nitrogens with one attached hydrogen (secondary N) is 1. The van der Waals surface area contributed by atoms with Crippen LogP contribution in [-0.4, -0.2) is 17.0 Å². The highest BCUT2D eigenvalue weighted by Crippen LogP contribution is 2.16. The van der Waals surface area contributed by atoms with Gasteiger partial charge in [0.1, 0.15) is 0 Å². The van der Waals surface area contributed by atoms with Crippen LogP contribution < -0.4 is 5.32 Å². The fraction of sp³-hybridized carbons (Fsp3) is 0. The van der Waals surface area contributed by atoms with Gasteiger partial charge in [0.05, 0.1) is 11.3 Å². The Morgan fingerprint density at radius 1 is 1.00 bits per heavy atom. The van der Waals surface area contributed by atoms with Gasteiger partial charge in [0, 0.05) is 9.13 Å². The molecule has 0 aliphatic heterocycles. The van der Waals surface area contributed by atoms with Gasteiger partial charge in [0.25, 0.3) is 5.91 Å². The topological polar surface area (TPSA) is 66.4 Å². The Kier molecular flexibility index (Phi) is 4.16. The van der Waals surface area contributed by atoms with Gasteiger partial charge in [0.2, 0.25) is 0 Å². The lowest BCUT2D eigenvalue weighted by Crippen LogP contribution is -2.14. The highest BCUT2D eigenvalue weighted by atomic mass is 127. The summed E-state index contributed by atoms with van der Waals surface area (Å²) in [5, 5.41) is 11.6. The minimum Gasteiger partial charge on any atom is -0.478 e. The molecule has 0 saturated carbocycles. The first-order valence-electron chi connectivity index (χ1n) is 5.47. The predicted octanol–water partition coefficient (Wildman–Crippen LogP) is 3.24. The number of amides is 1. The second-order valence-corrected chi connectivity index (χ2v) is 5.06. The number of carbonyl (C=O) groups is 2. The number of anilines is 1. The van der Waals surface area contributed by atoms with Crippen LogP contribution in [-0.2, 0) is 0 Å². The van der Waals surface area contributed by atoms with E-state index in [0.717, 1.165) is 3.57 Å². The number of carboxylic acids is 1. The van der Waals surface area contributed by atoms with Crippen LogP contribution in [0.4, 0.5) is 5.69 Å². The Balaban J connectivity index is 2.24. The molecule has 0 aliphatic rings. The number of aromatic carboxylic acids is 1. The summed E-state index contributed by atoms with van der Waals surface area (Å²) in [5.74, 6) is -1.40. The molecule has 0 aliphatic carbocycles. The molecule has 2 rings (SSSR count). The van der Waals surface area contributed by atoms with Crippen LogP contribution in [0.15, 0.2) is 48.5 Å². The molecule has 5 heteroatoms. The molecule has 0 fully saturated rings. The first-order chi connectivity index (χ1) is 9.08. The first-order valence-corrected chi connectivity index (χ1v) is 6.55. The van der Waals surface area contributed by atoms with Gasteiger partial charge >= 0.3 is 5.97 Å². The lowest BCUT2D eigenvalue weighted by atomic mass is 10.1. The Hall–Kier alpha value is -1.89. The fourth-order valence-electron chi connectivity index (χ4n) is 1.57. The van der Waals surface area contributed by atoms with Crippen molar-refractivity contribution in [3.63, 3.8) is 0 Å². The van der Waals surface area contributed by atoms with Crippen LogP contribution >= 0.6 is 22.6 Å². The molecular weight excluding hydrogens is 357 g/mol. The summed E-state index contributed by atoms with van der Waals surface area (Å²) in [5.41, 5.74) is 0.848. The van der Waals surface area contributed by atoms with Gasteiger partial charge in [-0.05, 0) is 59.0 Å². The first kappa shape index (κ1) is 13.5. The third-order valence-electron chi connectivity index (χ3n) is 2.51. The second kappa shape index (κ2) is 5.83.